The lowest BCUT2D eigenvalue weighted by molar-refractivity contribution is -0.133. The van der Waals surface area contributed by atoms with Gasteiger partial charge in [0.05, 0.1) is 0 Å². The van der Waals surface area contributed by atoms with Gasteiger partial charge >= 0.3 is 6.09 Å². The van der Waals surface area contributed by atoms with Crippen LogP contribution in [0.1, 0.15) is 52.9 Å². The minimum Gasteiger partial charge on any atom is -0.435 e. The highest BCUT2D eigenvalue weighted by Gasteiger charge is 2.32. The Morgan fingerprint density at radius 3 is 2.12 bits per heavy atom. The summed E-state index contributed by atoms with van der Waals surface area (Å²) < 4.78 is 5.38. The number of piperidine rings is 2. The number of rotatable bonds is 6. The summed E-state index contributed by atoms with van der Waals surface area (Å²) >= 11 is 0. The largest absolute Gasteiger partial charge is 0.435 e. The van der Waals surface area contributed by atoms with Gasteiger partial charge in [0.15, 0.2) is 11.4 Å². The summed E-state index contributed by atoms with van der Waals surface area (Å²) in [6.07, 6.45) is 5.35. The van der Waals surface area contributed by atoms with Gasteiger partial charge in [-0.25, -0.2) is 4.79 Å². The molecule has 0 aromatic carbocycles. The van der Waals surface area contributed by atoms with Crippen molar-refractivity contribution in [2.45, 2.75) is 58.5 Å². The first-order valence-corrected chi connectivity index (χ1v) is 9.73. The van der Waals surface area contributed by atoms with Crippen molar-refractivity contribution in [1.29, 1.82) is 0 Å². The number of ether oxygens (including phenoxy) is 1. The Hall–Kier alpha value is -1.14. The molecule has 0 radical (unpaired) electrons. The molecule has 1 amide bonds. The molecule has 25 heavy (non-hydrogen) atoms. The monoisotopic (exact) mass is 353 g/mol. The molecule has 2 saturated heterocycles. The second-order valence-electron chi connectivity index (χ2n) is 8.19. The molecule has 0 saturated carbocycles. The number of likely N-dealkylation sites (tertiary alicyclic amines) is 2. The molecular formula is C19H35N3O3. The summed E-state index contributed by atoms with van der Waals surface area (Å²) in [5, 5.41) is 0. The van der Waals surface area contributed by atoms with Crippen molar-refractivity contribution in [1.82, 2.24) is 9.80 Å². The molecule has 0 atom stereocenters. The quantitative estimate of drug-likeness (QED) is 0.793. The van der Waals surface area contributed by atoms with Crippen molar-refractivity contribution >= 4 is 11.9 Å². The molecule has 0 spiro atoms. The Morgan fingerprint density at radius 1 is 1.04 bits per heavy atom. The van der Waals surface area contributed by atoms with Crippen LogP contribution < -0.4 is 5.73 Å². The van der Waals surface area contributed by atoms with E-state index in [2.05, 4.69) is 4.90 Å². The fraction of sp³-hybridized carbons (Fsp3) is 0.895. The number of carbonyl (C=O) groups is 2. The lowest BCUT2D eigenvalue weighted by atomic mass is 9.91. The van der Waals surface area contributed by atoms with Crippen molar-refractivity contribution < 1.29 is 14.3 Å². The fourth-order valence-electron chi connectivity index (χ4n) is 3.71. The first kappa shape index (κ1) is 20.2. The van der Waals surface area contributed by atoms with Gasteiger partial charge in [0.1, 0.15) is 0 Å². The minimum atomic E-state index is -1.04. The van der Waals surface area contributed by atoms with Crippen molar-refractivity contribution in [2.24, 2.45) is 17.6 Å². The number of hydrogen-bond donors (Lipinski definition) is 1. The summed E-state index contributed by atoms with van der Waals surface area (Å²) in [5.74, 6) is 1.33. The smallest absolute Gasteiger partial charge is 0.410 e. The van der Waals surface area contributed by atoms with Gasteiger partial charge in [0.25, 0.3) is 0 Å². The molecule has 2 rings (SSSR count). The maximum absolute atomic E-state index is 12.2. The van der Waals surface area contributed by atoms with E-state index in [1.807, 2.05) is 0 Å². The molecular weight excluding hydrogens is 318 g/mol. The molecule has 0 aliphatic carbocycles. The lowest BCUT2D eigenvalue weighted by Gasteiger charge is -2.38. The predicted octanol–water partition coefficient (Wildman–Crippen LogP) is 2.26. The summed E-state index contributed by atoms with van der Waals surface area (Å²) in [6, 6.07) is 0. The molecule has 6 heteroatoms. The average Bonchev–Trinajstić information content (AvgIpc) is 2.57. The van der Waals surface area contributed by atoms with Gasteiger partial charge < -0.3 is 20.3 Å². The Morgan fingerprint density at radius 2 is 1.60 bits per heavy atom. The zero-order valence-electron chi connectivity index (χ0n) is 16.1. The van der Waals surface area contributed by atoms with E-state index in [-0.39, 0.29) is 11.9 Å². The van der Waals surface area contributed by atoms with Crippen LogP contribution in [0.4, 0.5) is 4.79 Å². The highest BCUT2D eigenvalue weighted by Crippen LogP contribution is 2.24. The number of amides is 1. The first-order valence-electron chi connectivity index (χ1n) is 9.73. The molecule has 0 unspecified atom stereocenters. The normalized spacial score (nSPS) is 21.4. The Balaban J connectivity index is 1.69. The SMILES string of the molecule is CC(=O)C(C)(C)OC(=O)N1CCC(CN2CCC(CCN)CC2)CC1. The van der Waals surface area contributed by atoms with Crippen LogP contribution >= 0.6 is 0 Å². The molecule has 2 N–H and O–H groups in total. The van der Waals surface area contributed by atoms with E-state index in [1.165, 1.54) is 32.9 Å². The summed E-state index contributed by atoms with van der Waals surface area (Å²) in [4.78, 5) is 28.1. The molecule has 2 aliphatic rings. The zero-order valence-corrected chi connectivity index (χ0v) is 16.1. The summed E-state index contributed by atoms with van der Waals surface area (Å²) in [6.45, 7) is 10.5. The first-order chi connectivity index (χ1) is 11.8. The van der Waals surface area contributed by atoms with Crippen molar-refractivity contribution in [2.75, 3.05) is 39.3 Å². The van der Waals surface area contributed by atoms with Crippen LogP contribution in [0.25, 0.3) is 0 Å². The molecule has 2 heterocycles. The molecule has 6 nitrogen and oxygen atoms in total. The van der Waals surface area contributed by atoms with Crippen LogP contribution in [0.2, 0.25) is 0 Å². The van der Waals surface area contributed by atoms with E-state index in [4.69, 9.17) is 10.5 Å². The topological polar surface area (TPSA) is 75.9 Å². The van der Waals surface area contributed by atoms with Crippen LogP contribution in [-0.4, -0.2) is 66.5 Å². The number of ketones is 1. The third-order valence-corrected chi connectivity index (χ3v) is 5.86. The molecule has 2 aliphatic heterocycles. The van der Waals surface area contributed by atoms with E-state index >= 15 is 0 Å². The van der Waals surface area contributed by atoms with Crippen molar-refractivity contribution in [3.05, 3.63) is 0 Å². The Kier molecular flexibility index (Phi) is 7.25. The average molecular weight is 354 g/mol. The van der Waals surface area contributed by atoms with E-state index in [9.17, 15) is 9.59 Å². The molecule has 0 aromatic rings. The van der Waals surface area contributed by atoms with Gasteiger partial charge in [-0.2, -0.15) is 0 Å². The van der Waals surface area contributed by atoms with E-state index in [0.29, 0.717) is 5.92 Å². The van der Waals surface area contributed by atoms with Gasteiger partial charge in [-0.15, -0.1) is 0 Å². The van der Waals surface area contributed by atoms with Crippen molar-refractivity contribution in [3.8, 4) is 0 Å². The Bertz CT molecular complexity index is 451. The second-order valence-corrected chi connectivity index (χ2v) is 8.19. The number of carbonyl (C=O) groups excluding carboxylic acids is 2. The van der Waals surface area contributed by atoms with Crippen LogP contribution in [0.3, 0.4) is 0 Å². The lowest BCUT2D eigenvalue weighted by Crippen LogP contribution is -2.46. The fourth-order valence-corrected chi connectivity index (χ4v) is 3.71. The third-order valence-electron chi connectivity index (χ3n) is 5.86. The number of Topliss-reactive ketones (excluding diaryl/α,β-unsaturated/α-hetero) is 1. The standard InChI is InChI=1S/C19H35N3O3/c1-15(23)19(2,3)25-18(24)22-12-7-17(8-13-22)14-21-10-5-16(4-9-20)6-11-21/h16-17H,4-14,20H2,1-3H3. The van der Waals surface area contributed by atoms with Gasteiger partial charge in [-0.1, -0.05) is 0 Å². The van der Waals surface area contributed by atoms with Crippen LogP contribution in [0.15, 0.2) is 0 Å². The molecule has 0 bridgehead atoms. The van der Waals surface area contributed by atoms with Crippen LogP contribution in [-0.2, 0) is 9.53 Å². The zero-order chi connectivity index (χ0) is 18.4. The predicted molar refractivity (Wildman–Crippen MR) is 98.4 cm³/mol. The Labute approximate surface area is 152 Å². The minimum absolute atomic E-state index is 0.131. The molecule has 144 valence electrons. The van der Waals surface area contributed by atoms with E-state index in [0.717, 1.165) is 51.4 Å². The molecule has 0 aromatic heterocycles. The van der Waals surface area contributed by atoms with E-state index < -0.39 is 5.60 Å². The number of hydrogen-bond acceptors (Lipinski definition) is 5. The summed E-state index contributed by atoms with van der Waals surface area (Å²) in [7, 11) is 0. The number of nitrogens with two attached hydrogens (primary N) is 1. The number of nitrogens with zero attached hydrogens (tertiary/aromatic N) is 2. The van der Waals surface area contributed by atoms with Crippen LogP contribution in [0, 0.1) is 11.8 Å². The maximum Gasteiger partial charge on any atom is 0.410 e. The molecule has 2 fully saturated rings. The van der Waals surface area contributed by atoms with Gasteiger partial charge in [-0.3, -0.25) is 4.79 Å². The van der Waals surface area contributed by atoms with Gasteiger partial charge in [-0.05, 0) is 84.3 Å². The highest BCUT2D eigenvalue weighted by molar-refractivity contribution is 5.86. The van der Waals surface area contributed by atoms with Gasteiger partial charge in [0.2, 0.25) is 0 Å². The highest BCUT2D eigenvalue weighted by atomic mass is 16.6. The van der Waals surface area contributed by atoms with Crippen LogP contribution in [0.5, 0.6) is 0 Å². The maximum atomic E-state index is 12.2. The van der Waals surface area contributed by atoms with Crippen molar-refractivity contribution in [3.63, 3.8) is 0 Å². The van der Waals surface area contributed by atoms with Gasteiger partial charge in [0, 0.05) is 19.6 Å². The third kappa shape index (κ3) is 5.96. The van der Waals surface area contributed by atoms with E-state index in [1.54, 1.807) is 18.7 Å². The second kappa shape index (κ2) is 8.99. The summed E-state index contributed by atoms with van der Waals surface area (Å²) in [5.41, 5.74) is 4.62.